The Morgan fingerprint density at radius 1 is 1.12 bits per heavy atom. The van der Waals surface area contributed by atoms with Crippen LogP contribution < -0.4 is 0 Å². The monoisotopic (exact) mass is 120 g/mol. The van der Waals surface area contributed by atoms with Crippen LogP contribution in [0.2, 0.25) is 0 Å². The van der Waals surface area contributed by atoms with E-state index in [0.717, 1.165) is 6.08 Å². The van der Waals surface area contributed by atoms with E-state index in [1.807, 2.05) is 13.8 Å². The number of hydrogen-bond acceptors (Lipinski definition) is 0. The lowest BCUT2D eigenvalue weighted by Crippen LogP contribution is -1.83. The molecule has 48 valence electrons. The Balaban J connectivity index is 3.34. The van der Waals surface area contributed by atoms with Gasteiger partial charge < -0.3 is 0 Å². The van der Waals surface area contributed by atoms with Crippen molar-refractivity contribution in [2.45, 2.75) is 20.3 Å². The largest absolute Gasteiger partial charge is 0.257 e. The van der Waals surface area contributed by atoms with E-state index in [0.29, 0.717) is 0 Å². The van der Waals surface area contributed by atoms with Gasteiger partial charge in [0.15, 0.2) is 0 Å². The summed E-state index contributed by atoms with van der Waals surface area (Å²) >= 11 is 0. The first-order chi connectivity index (χ1) is 3.63. The van der Waals surface area contributed by atoms with Crippen LogP contribution in [0, 0.1) is 5.92 Å². The van der Waals surface area contributed by atoms with E-state index < -0.39 is 6.43 Å². The highest BCUT2D eigenvalue weighted by Crippen LogP contribution is 1.98. The molecule has 0 aromatic carbocycles. The first-order valence-electron chi connectivity index (χ1n) is 2.59. The van der Waals surface area contributed by atoms with Crippen LogP contribution in [0.3, 0.4) is 0 Å². The summed E-state index contributed by atoms with van der Waals surface area (Å²) in [6.07, 6.45) is 0.104. The number of allylic oxidation sites excluding steroid dienone is 2. The molecule has 0 bridgehead atoms. The summed E-state index contributed by atoms with van der Waals surface area (Å²) < 4.78 is 22.6. The smallest absolute Gasteiger partial charge is 0.206 e. The Hall–Kier alpha value is -0.400. The van der Waals surface area contributed by atoms with Crippen LogP contribution in [0.25, 0.3) is 0 Å². The van der Waals surface area contributed by atoms with Gasteiger partial charge in [0.25, 0.3) is 6.43 Å². The van der Waals surface area contributed by atoms with E-state index >= 15 is 0 Å². The van der Waals surface area contributed by atoms with Gasteiger partial charge in [0.05, 0.1) is 0 Å². The Morgan fingerprint density at radius 2 is 1.62 bits per heavy atom. The van der Waals surface area contributed by atoms with Crippen molar-refractivity contribution in [3.8, 4) is 0 Å². The maximum absolute atomic E-state index is 11.3. The minimum absolute atomic E-state index is 0.226. The van der Waals surface area contributed by atoms with Gasteiger partial charge >= 0.3 is 0 Å². The molecule has 0 amide bonds. The van der Waals surface area contributed by atoms with Crippen molar-refractivity contribution in [1.29, 1.82) is 0 Å². The molecule has 0 spiro atoms. The molecule has 0 N–H and O–H groups in total. The van der Waals surface area contributed by atoms with Crippen molar-refractivity contribution in [2.75, 3.05) is 0 Å². The van der Waals surface area contributed by atoms with Gasteiger partial charge in [0.1, 0.15) is 0 Å². The minimum atomic E-state index is -2.29. The summed E-state index contributed by atoms with van der Waals surface area (Å²) in [5.41, 5.74) is 0. The standard InChI is InChI=1S/C6H10F2/c1-5(2)3-4-6(7)8/h3-6H,1-2H3. The molecule has 0 heterocycles. The topological polar surface area (TPSA) is 0 Å². The molecule has 0 rings (SSSR count). The van der Waals surface area contributed by atoms with Gasteiger partial charge in [-0.1, -0.05) is 19.9 Å². The van der Waals surface area contributed by atoms with Crippen LogP contribution in [0.4, 0.5) is 8.78 Å². The second kappa shape index (κ2) is 3.58. The fourth-order valence-electron chi connectivity index (χ4n) is 0.306. The Labute approximate surface area is 48.2 Å². The normalized spacial score (nSPS) is 12.2. The predicted octanol–water partition coefficient (Wildman–Crippen LogP) is 2.46. The van der Waals surface area contributed by atoms with Crippen LogP contribution in [0.15, 0.2) is 12.2 Å². The van der Waals surface area contributed by atoms with Gasteiger partial charge in [-0.25, -0.2) is 8.78 Å². The average Bonchev–Trinajstić information content (AvgIpc) is 1.61. The van der Waals surface area contributed by atoms with Crippen molar-refractivity contribution in [3.05, 3.63) is 12.2 Å². The van der Waals surface area contributed by atoms with Crippen LogP contribution in [-0.4, -0.2) is 6.43 Å². The zero-order valence-electron chi connectivity index (χ0n) is 5.07. The second-order valence-corrected chi connectivity index (χ2v) is 1.96. The molecule has 0 saturated heterocycles. The highest BCUT2D eigenvalue weighted by Gasteiger charge is 1.92. The Kier molecular flexibility index (Phi) is 3.40. The molecule has 0 aromatic rings. The molecular weight excluding hydrogens is 110 g/mol. The highest BCUT2D eigenvalue weighted by molar-refractivity contribution is 4.86. The molecule has 8 heavy (non-hydrogen) atoms. The first kappa shape index (κ1) is 7.60. The summed E-state index contributed by atoms with van der Waals surface area (Å²) in [6.45, 7) is 3.72. The molecule has 0 aromatic heterocycles. The van der Waals surface area contributed by atoms with Gasteiger partial charge in [-0.3, -0.25) is 0 Å². The number of alkyl halides is 2. The maximum Gasteiger partial charge on any atom is 0.257 e. The zero-order chi connectivity index (χ0) is 6.57. The lowest BCUT2D eigenvalue weighted by molar-refractivity contribution is 0.203. The predicted molar refractivity (Wildman–Crippen MR) is 30.0 cm³/mol. The molecule has 0 atom stereocenters. The Morgan fingerprint density at radius 3 is 1.75 bits per heavy atom. The molecule has 0 aliphatic carbocycles. The molecule has 0 saturated carbocycles. The summed E-state index contributed by atoms with van der Waals surface area (Å²) in [5, 5.41) is 0. The van der Waals surface area contributed by atoms with Crippen LogP contribution >= 0.6 is 0 Å². The van der Waals surface area contributed by atoms with E-state index in [4.69, 9.17) is 0 Å². The lowest BCUT2D eigenvalue weighted by Gasteiger charge is -1.91. The van der Waals surface area contributed by atoms with Gasteiger partial charge in [-0.2, -0.15) is 0 Å². The van der Waals surface area contributed by atoms with Crippen molar-refractivity contribution >= 4 is 0 Å². The van der Waals surface area contributed by atoms with Crippen molar-refractivity contribution in [1.82, 2.24) is 0 Å². The summed E-state index contributed by atoms with van der Waals surface area (Å²) in [4.78, 5) is 0. The number of rotatable bonds is 2. The lowest BCUT2D eigenvalue weighted by atomic mass is 10.2. The van der Waals surface area contributed by atoms with Crippen molar-refractivity contribution in [2.24, 2.45) is 5.92 Å². The average molecular weight is 120 g/mol. The van der Waals surface area contributed by atoms with Crippen molar-refractivity contribution < 1.29 is 8.78 Å². The van der Waals surface area contributed by atoms with Crippen LogP contribution in [0.1, 0.15) is 13.8 Å². The van der Waals surface area contributed by atoms with Gasteiger partial charge in [0.2, 0.25) is 0 Å². The molecule has 0 fully saturated rings. The van der Waals surface area contributed by atoms with Gasteiger partial charge in [-0.15, -0.1) is 0 Å². The molecule has 0 nitrogen and oxygen atoms in total. The third-order valence-corrected chi connectivity index (χ3v) is 0.641. The van der Waals surface area contributed by atoms with E-state index in [9.17, 15) is 8.78 Å². The Bertz CT molecular complexity index is 64.6. The van der Waals surface area contributed by atoms with E-state index in [1.165, 1.54) is 6.08 Å². The molecule has 2 heteroatoms. The molecule has 0 aliphatic heterocycles. The number of halogens is 2. The van der Waals surface area contributed by atoms with E-state index in [-0.39, 0.29) is 5.92 Å². The fourth-order valence-corrected chi connectivity index (χ4v) is 0.306. The number of hydrogen-bond donors (Lipinski definition) is 0. The molecule has 0 unspecified atom stereocenters. The van der Waals surface area contributed by atoms with Crippen LogP contribution in [-0.2, 0) is 0 Å². The quantitative estimate of drug-likeness (QED) is 0.491. The van der Waals surface area contributed by atoms with E-state index in [2.05, 4.69) is 0 Å². The first-order valence-corrected chi connectivity index (χ1v) is 2.59. The summed E-state index contributed by atoms with van der Waals surface area (Å²) in [5.74, 6) is 0.226. The maximum atomic E-state index is 11.3. The summed E-state index contributed by atoms with van der Waals surface area (Å²) in [6, 6.07) is 0. The van der Waals surface area contributed by atoms with Gasteiger partial charge in [-0.05, 0) is 12.0 Å². The molecular formula is C6H10F2. The third-order valence-electron chi connectivity index (χ3n) is 0.641. The van der Waals surface area contributed by atoms with E-state index in [1.54, 1.807) is 0 Å². The summed E-state index contributed by atoms with van der Waals surface area (Å²) in [7, 11) is 0. The highest BCUT2D eigenvalue weighted by atomic mass is 19.3. The molecule has 0 radical (unpaired) electrons. The second-order valence-electron chi connectivity index (χ2n) is 1.96. The van der Waals surface area contributed by atoms with Gasteiger partial charge in [0, 0.05) is 0 Å². The third kappa shape index (κ3) is 5.60. The van der Waals surface area contributed by atoms with Crippen LogP contribution in [0.5, 0.6) is 0 Å². The SMILES string of the molecule is CC(C)C=CC(F)F. The molecule has 0 aliphatic rings. The minimum Gasteiger partial charge on any atom is -0.206 e. The zero-order valence-corrected chi connectivity index (χ0v) is 5.07. The van der Waals surface area contributed by atoms with Crippen molar-refractivity contribution in [3.63, 3.8) is 0 Å². The fraction of sp³-hybridized carbons (Fsp3) is 0.667.